The lowest BCUT2D eigenvalue weighted by molar-refractivity contribution is -0.144. The Bertz CT molecular complexity index is 742. The standard InChI is InChI=1S/C15H21N3O6S/c1-15(6-7-25(23,24)9-15)16-11(19)8-17-12(20)13(21)18(14(17)22)10-4-2-3-5-10/h10H,2-9H2,1H3,(H,16,19)/t15-/m0/s1. The van der Waals surface area contributed by atoms with Crippen molar-refractivity contribution in [1.82, 2.24) is 15.1 Å². The van der Waals surface area contributed by atoms with Crippen LogP contribution in [-0.2, 0) is 24.2 Å². The van der Waals surface area contributed by atoms with Crippen molar-refractivity contribution in [3.05, 3.63) is 0 Å². The molecule has 10 heteroatoms. The van der Waals surface area contributed by atoms with E-state index < -0.39 is 45.7 Å². The molecule has 0 unspecified atom stereocenters. The summed E-state index contributed by atoms with van der Waals surface area (Å²) in [6.07, 6.45) is 3.39. The van der Waals surface area contributed by atoms with Crippen LogP contribution in [0.1, 0.15) is 39.0 Å². The topological polar surface area (TPSA) is 121 Å². The summed E-state index contributed by atoms with van der Waals surface area (Å²) in [4.78, 5) is 50.4. The summed E-state index contributed by atoms with van der Waals surface area (Å²) in [6, 6.07) is -1.05. The van der Waals surface area contributed by atoms with E-state index in [9.17, 15) is 27.6 Å². The Balaban J connectivity index is 1.66. The van der Waals surface area contributed by atoms with E-state index in [1.807, 2.05) is 0 Å². The lowest BCUT2D eigenvalue weighted by atomic mass is 10.0. The van der Waals surface area contributed by atoms with Crippen LogP contribution in [0.25, 0.3) is 0 Å². The van der Waals surface area contributed by atoms with Crippen LogP contribution in [0.3, 0.4) is 0 Å². The molecule has 0 spiro atoms. The minimum atomic E-state index is -3.20. The summed E-state index contributed by atoms with van der Waals surface area (Å²) in [7, 11) is -3.20. The molecular weight excluding hydrogens is 350 g/mol. The first kappa shape index (κ1) is 17.8. The SMILES string of the molecule is C[C@]1(NC(=O)CN2C(=O)C(=O)N(C3CCCC3)C2=O)CCS(=O)(=O)C1. The summed E-state index contributed by atoms with van der Waals surface area (Å²) in [5.74, 6) is -2.74. The van der Waals surface area contributed by atoms with Gasteiger partial charge in [-0.15, -0.1) is 0 Å². The van der Waals surface area contributed by atoms with Crippen LogP contribution >= 0.6 is 0 Å². The molecule has 3 rings (SSSR count). The van der Waals surface area contributed by atoms with Crippen LogP contribution in [0.2, 0.25) is 0 Å². The smallest absolute Gasteiger partial charge is 0.334 e. The van der Waals surface area contributed by atoms with Crippen LogP contribution in [0, 0.1) is 0 Å². The molecule has 0 radical (unpaired) electrons. The van der Waals surface area contributed by atoms with E-state index in [4.69, 9.17) is 0 Å². The number of urea groups is 1. The molecule has 1 atom stereocenters. The van der Waals surface area contributed by atoms with Gasteiger partial charge in [0.2, 0.25) is 5.91 Å². The first-order valence-electron chi connectivity index (χ1n) is 8.32. The molecule has 5 amide bonds. The summed E-state index contributed by atoms with van der Waals surface area (Å²) in [6.45, 7) is 1.03. The number of rotatable bonds is 4. The van der Waals surface area contributed by atoms with Gasteiger partial charge in [0.25, 0.3) is 0 Å². The second-order valence-electron chi connectivity index (χ2n) is 7.24. The van der Waals surface area contributed by atoms with Crippen LogP contribution in [0.5, 0.6) is 0 Å². The van der Waals surface area contributed by atoms with Gasteiger partial charge >= 0.3 is 17.8 Å². The lowest BCUT2D eigenvalue weighted by Crippen LogP contribution is -2.51. The van der Waals surface area contributed by atoms with Crippen molar-refractivity contribution in [3.63, 3.8) is 0 Å². The Hall–Kier alpha value is -1.97. The largest absolute Gasteiger partial charge is 0.348 e. The number of carbonyl (C=O) groups is 4. The molecule has 9 nitrogen and oxygen atoms in total. The Kier molecular flexibility index (Phi) is 4.34. The second-order valence-corrected chi connectivity index (χ2v) is 9.42. The Morgan fingerprint density at radius 3 is 2.40 bits per heavy atom. The van der Waals surface area contributed by atoms with Crippen molar-refractivity contribution in [3.8, 4) is 0 Å². The second kappa shape index (κ2) is 6.08. The highest BCUT2D eigenvalue weighted by Gasteiger charge is 2.49. The lowest BCUT2D eigenvalue weighted by Gasteiger charge is -2.25. The molecule has 0 bridgehead atoms. The number of imide groups is 2. The highest BCUT2D eigenvalue weighted by atomic mass is 32.2. The minimum Gasteiger partial charge on any atom is -0.348 e. The van der Waals surface area contributed by atoms with Crippen molar-refractivity contribution in [2.75, 3.05) is 18.1 Å². The zero-order valence-corrected chi connectivity index (χ0v) is 14.8. The maximum absolute atomic E-state index is 12.4. The van der Waals surface area contributed by atoms with Crippen LogP contribution in [0.15, 0.2) is 0 Å². The summed E-state index contributed by atoms with van der Waals surface area (Å²) in [5.41, 5.74) is -0.920. The van der Waals surface area contributed by atoms with E-state index >= 15 is 0 Å². The third-order valence-corrected chi connectivity index (χ3v) is 6.92. The predicted molar refractivity (Wildman–Crippen MR) is 86.0 cm³/mol. The van der Waals surface area contributed by atoms with Gasteiger partial charge in [-0.05, 0) is 26.2 Å². The molecule has 1 aliphatic carbocycles. The number of carbonyl (C=O) groups excluding carboxylic acids is 4. The normalized spacial score (nSPS) is 29.7. The number of hydrogen-bond acceptors (Lipinski definition) is 6. The average molecular weight is 371 g/mol. The fourth-order valence-corrected chi connectivity index (χ4v) is 5.87. The molecule has 2 saturated heterocycles. The third kappa shape index (κ3) is 3.39. The third-order valence-electron chi connectivity index (χ3n) is 5.02. The van der Waals surface area contributed by atoms with E-state index in [1.54, 1.807) is 6.92 Å². The van der Waals surface area contributed by atoms with Gasteiger partial charge < -0.3 is 5.32 Å². The van der Waals surface area contributed by atoms with Gasteiger partial charge in [0.15, 0.2) is 9.84 Å². The van der Waals surface area contributed by atoms with Gasteiger partial charge in [-0.3, -0.25) is 19.3 Å². The van der Waals surface area contributed by atoms with E-state index in [0.717, 1.165) is 17.7 Å². The van der Waals surface area contributed by atoms with Crippen LogP contribution in [-0.4, -0.2) is 71.6 Å². The first-order chi connectivity index (χ1) is 11.6. The highest BCUT2D eigenvalue weighted by molar-refractivity contribution is 7.91. The average Bonchev–Trinajstić information content (AvgIpc) is 3.16. The highest BCUT2D eigenvalue weighted by Crippen LogP contribution is 2.28. The molecule has 1 saturated carbocycles. The van der Waals surface area contributed by atoms with Crippen molar-refractivity contribution >= 4 is 33.6 Å². The number of amides is 5. The molecule has 1 N–H and O–H groups in total. The van der Waals surface area contributed by atoms with Crippen LogP contribution < -0.4 is 5.32 Å². The van der Waals surface area contributed by atoms with E-state index in [-0.39, 0.29) is 24.0 Å². The molecule has 3 aliphatic rings. The Morgan fingerprint density at radius 2 is 1.84 bits per heavy atom. The van der Waals surface area contributed by atoms with Crippen molar-refractivity contribution in [2.45, 2.75) is 50.6 Å². The van der Waals surface area contributed by atoms with E-state index in [0.29, 0.717) is 17.7 Å². The molecule has 25 heavy (non-hydrogen) atoms. The zero-order chi connectivity index (χ0) is 18.4. The number of nitrogens with one attached hydrogen (secondary N) is 1. The molecule has 2 heterocycles. The number of nitrogens with zero attached hydrogens (tertiary/aromatic N) is 2. The van der Waals surface area contributed by atoms with Gasteiger partial charge in [0.05, 0.1) is 17.0 Å². The Labute approximate surface area is 145 Å². The molecule has 0 aromatic heterocycles. The summed E-state index contributed by atoms with van der Waals surface area (Å²) < 4.78 is 23.2. The first-order valence-corrected chi connectivity index (χ1v) is 10.1. The Morgan fingerprint density at radius 1 is 1.20 bits per heavy atom. The van der Waals surface area contributed by atoms with Gasteiger partial charge in [-0.1, -0.05) is 12.8 Å². The summed E-state index contributed by atoms with van der Waals surface area (Å²) in [5, 5.41) is 2.58. The van der Waals surface area contributed by atoms with Gasteiger partial charge in [-0.2, -0.15) is 0 Å². The zero-order valence-electron chi connectivity index (χ0n) is 14.0. The number of sulfone groups is 1. The fraction of sp³-hybridized carbons (Fsp3) is 0.733. The maximum atomic E-state index is 12.4. The van der Waals surface area contributed by atoms with Crippen molar-refractivity contribution < 1.29 is 27.6 Å². The van der Waals surface area contributed by atoms with E-state index in [1.165, 1.54) is 0 Å². The molecule has 3 fully saturated rings. The summed E-state index contributed by atoms with van der Waals surface area (Å²) >= 11 is 0. The predicted octanol–water partition coefficient (Wildman–Crippen LogP) is -0.587. The van der Waals surface area contributed by atoms with Gasteiger partial charge in [0.1, 0.15) is 6.54 Å². The van der Waals surface area contributed by atoms with Crippen molar-refractivity contribution in [2.24, 2.45) is 0 Å². The van der Waals surface area contributed by atoms with Crippen molar-refractivity contribution in [1.29, 1.82) is 0 Å². The number of hydrogen-bond donors (Lipinski definition) is 1. The molecule has 0 aromatic carbocycles. The molecular formula is C15H21N3O6S. The molecule has 0 aromatic rings. The van der Waals surface area contributed by atoms with Gasteiger partial charge in [-0.25, -0.2) is 18.1 Å². The quantitative estimate of drug-likeness (QED) is 0.521. The van der Waals surface area contributed by atoms with E-state index in [2.05, 4.69) is 5.32 Å². The molecule has 138 valence electrons. The van der Waals surface area contributed by atoms with Gasteiger partial charge in [0, 0.05) is 6.04 Å². The monoisotopic (exact) mass is 371 g/mol. The molecule has 2 aliphatic heterocycles. The van der Waals surface area contributed by atoms with Crippen LogP contribution in [0.4, 0.5) is 4.79 Å². The minimum absolute atomic E-state index is 0.0146. The fourth-order valence-electron chi connectivity index (χ4n) is 3.77. The maximum Gasteiger partial charge on any atom is 0.334 e.